The quantitative estimate of drug-likeness (QED) is 0.907. The molecular weight excluding hydrogens is 275 g/mol. The molecule has 1 aliphatic rings. The van der Waals surface area contributed by atoms with Crippen LogP contribution in [0.4, 0.5) is 4.39 Å². The zero-order chi connectivity index (χ0) is 15.5. The number of carbonyl (C=O) groups excluding carboxylic acids is 2. The molecule has 2 amide bonds. The number of ether oxygens (including phenoxy) is 1. The van der Waals surface area contributed by atoms with Crippen molar-refractivity contribution in [3.8, 4) is 0 Å². The molecule has 1 N–H and O–H groups in total. The van der Waals surface area contributed by atoms with E-state index in [4.69, 9.17) is 4.74 Å². The fraction of sp³-hybridized carbons (Fsp3) is 0.467. The van der Waals surface area contributed by atoms with E-state index in [0.717, 1.165) is 0 Å². The van der Waals surface area contributed by atoms with Crippen LogP contribution in [0.5, 0.6) is 0 Å². The molecule has 21 heavy (non-hydrogen) atoms. The molecule has 114 valence electrons. The van der Waals surface area contributed by atoms with E-state index in [2.05, 4.69) is 5.32 Å². The lowest BCUT2D eigenvalue weighted by atomic mass is 10.0. The molecule has 5 nitrogen and oxygen atoms in total. The molecule has 0 saturated carbocycles. The molecule has 1 aromatic rings. The van der Waals surface area contributed by atoms with Gasteiger partial charge in [-0.1, -0.05) is 18.2 Å². The number of carbonyl (C=O) groups is 2. The van der Waals surface area contributed by atoms with Crippen molar-refractivity contribution in [2.45, 2.75) is 26.0 Å². The van der Waals surface area contributed by atoms with Crippen molar-refractivity contribution in [3.63, 3.8) is 0 Å². The third-order valence-electron chi connectivity index (χ3n) is 3.60. The first-order valence-electron chi connectivity index (χ1n) is 6.83. The molecule has 1 saturated heterocycles. The van der Waals surface area contributed by atoms with Gasteiger partial charge in [0.25, 0.3) is 5.91 Å². The highest BCUT2D eigenvalue weighted by Gasteiger charge is 2.39. The third-order valence-corrected chi connectivity index (χ3v) is 3.60. The van der Waals surface area contributed by atoms with E-state index in [1.54, 1.807) is 30.0 Å². The number of hydrogen-bond acceptors (Lipinski definition) is 3. The SMILES string of the molecule is CC(=O)N1CCOC(C)(C(=O)NCc2ccccc2F)C1. The van der Waals surface area contributed by atoms with Gasteiger partial charge in [0.1, 0.15) is 5.82 Å². The van der Waals surface area contributed by atoms with Crippen LogP contribution in [0.25, 0.3) is 0 Å². The van der Waals surface area contributed by atoms with Crippen molar-refractivity contribution in [1.29, 1.82) is 0 Å². The summed E-state index contributed by atoms with van der Waals surface area (Å²) in [5.41, 5.74) is -0.691. The smallest absolute Gasteiger partial charge is 0.254 e. The van der Waals surface area contributed by atoms with E-state index >= 15 is 0 Å². The number of nitrogens with one attached hydrogen (secondary N) is 1. The minimum atomic E-state index is -1.10. The molecular formula is C15H19FN2O3. The molecule has 1 fully saturated rings. The van der Waals surface area contributed by atoms with Crippen LogP contribution >= 0.6 is 0 Å². The zero-order valence-electron chi connectivity index (χ0n) is 12.2. The van der Waals surface area contributed by atoms with Gasteiger partial charge in [0.05, 0.1) is 13.2 Å². The lowest BCUT2D eigenvalue weighted by molar-refractivity contribution is -0.162. The summed E-state index contributed by atoms with van der Waals surface area (Å²) in [5, 5.41) is 2.67. The molecule has 0 bridgehead atoms. The number of hydrogen-bond donors (Lipinski definition) is 1. The highest BCUT2D eigenvalue weighted by molar-refractivity contribution is 5.86. The Hall–Kier alpha value is -1.95. The lowest BCUT2D eigenvalue weighted by Gasteiger charge is -2.38. The third kappa shape index (κ3) is 3.58. The fourth-order valence-corrected chi connectivity index (χ4v) is 2.28. The monoisotopic (exact) mass is 294 g/mol. The van der Waals surface area contributed by atoms with Crippen LogP contribution in [-0.2, 0) is 20.9 Å². The van der Waals surface area contributed by atoms with Crippen LogP contribution < -0.4 is 5.32 Å². The maximum atomic E-state index is 13.5. The van der Waals surface area contributed by atoms with Crippen molar-refractivity contribution >= 4 is 11.8 Å². The first-order chi connectivity index (χ1) is 9.92. The average molecular weight is 294 g/mol. The normalized spacial score (nSPS) is 22.0. The summed E-state index contributed by atoms with van der Waals surface area (Å²) >= 11 is 0. The van der Waals surface area contributed by atoms with Gasteiger partial charge in [-0.25, -0.2) is 4.39 Å². The number of benzene rings is 1. The van der Waals surface area contributed by atoms with Crippen LogP contribution in [0, 0.1) is 5.82 Å². The van der Waals surface area contributed by atoms with Gasteiger partial charge in [-0.2, -0.15) is 0 Å². The van der Waals surface area contributed by atoms with E-state index in [1.807, 2.05) is 0 Å². The first kappa shape index (κ1) is 15.4. The van der Waals surface area contributed by atoms with Crippen LogP contribution in [0.3, 0.4) is 0 Å². The van der Waals surface area contributed by atoms with Crippen LogP contribution in [0.1, 0.15) is 19.4 Å². The largest absolute Gasteiger partial charge is 0.362 e. The Balaban J connectivity index is 1.99. The minimum absolute atomic E-state index is 0.0878. The molecule has 1 atom stereocenters. The molecule has 0 spiro atoms. The maximum absolute atomic E-state index is 13.5. The Bertz CT molecular complexity index is 549. The molecule has 6 heteroatoms. The number of rotatable bonds is 3. The van der Waals surface area contributed by atoms with Gasteiger partial charge >= 0.3 is 0 Å². The minimum Gasteiger partial charge on any atom is -0.362 e. The summed E-state index contributed by atoms with van der Waals surface area (Å²) < 4.78 is 19.0. The number of amides is 2. The molecule has 0 aliphatic carbocycles. The summed E-state index contributed by atoms with van der Waals surface area (Å²) in [7, 11) is 0. The summed E-state index contributed by atoms with van der Waals surface area (Å²) in [6.07, 6.45) is 0. The topological polar surface area (TPSA) is 58.6 Å². The van der Waals surface area contributed by atoms with Gasteiger partial charge in [-0.05, 0) is 13.0 Å². The van der Waals surface area contributed by atoms with E-state index < -0.39 is 5.60 Å². The van der Waals surface area contributed by atoms with E-state index in [0.29, 0.717) is 18.7 Å². The number of morpholine rings is 1. The molecule has 1 aliphatic heterocycles. The van der Waals surface area contributed by atoms with Gasteiger partial charge in [-0.15, -0.1) is 0 Å². The molecule has 1 aromatic carbocycles. The summed E-state index contributed by atoms with van der Waals surface area (Å²) in [4.78, 5) is 25.3. The van der Waals surface area contributed by atoms with Crippen LogP contribution in [0.2, 0.25) is 0 Å². The predicted octanol–water partition coefficient (Wildman–Crippen LogP) is 1.08. The summed E-state index contributed by atoms with van der Waals surface area (Å²) in [5.74, 6) is -0.805. The van der Waals surface area contributed by atoms with Gasteiger partial charge < -0.3 is 15.0 Å². The predicted molar refractivity (Wildman–Crippen MR) is 74.9 cm³/mol. The molecule has 0 radical (unpaired) electrons. The van der Waals surface area contributed by atoms with Crippen LogP contribution in [0.15, 0.2) is 24.3 Å². The molecule has 1 heterocycles. The maximum Gasteiger partial charge on any atom is 0.254 e. The zero-order valence-corrected chi connectivity index (χ0v) is 12.2. The number of halogens is 1. The first-order valence-corrected chi connectivity index (χ1v) is 6.83. The van der Waals surface area contributed by atoms with E-state index in [-0.39, 0.29) is 30.7 Å². The Labute approximate surface area is 123 Å². The highest BCUT2D eigenvalue weighted by Crippen LogP contribution is 2.18. The van der Waals surface area contributed by atoms with E-state index in [1.165, 1.54) is 13.0 Å². The highest BCUT2D eigenvalue weighted by atomic mass is 19.1. The van der Waals surface area contributed by atoms with Gasteiger partial charge in [-0.3, -0.25) is 9.59 Å². The fourth-order valence-electron chi connectivity index (χ4n) is 2.28. The van der Waals surface area contributed by atoms with E-state index in [9.17, 15) is 14.0 Å². The Kier molecular flexibility index (Phi) is 4.57. The van der Waals surface area contributed by atoms with Crippen molar-refractivity contribution in [3.05, 3.63) is 35.6 Å². The van der Waals surface area contributed by atoms with Gasteiger partial charge in [0.15, 0.2) is 5.60 Å². The lowest BCUT2D eigenvalue weighted by Crippen LogP contribution is -2.58. The van der Waals surface area contributed by atoms with Crippen molar-refractivity contribution in [2.24, 2.45) is 0 Å². The second-order valence-corrected chi connectivity index (χ2v) is 5.29. The van der Waals surface area contributed by atoms with Crippen molar-refractivity contribution in [1.82, 2.24) is 10.2 Å². The standard InChI is InChI=1S/C15H19FN2O3/c1-11(19)18-7-8-21-15(2,10-18)14(20)17-9-12-5-3-4-6-13(12)16/h3-6H,7-10H2,1-2H3,(H,17,20). The van der Waals surface area contributed by atoms with Gasteiger partial charge in [0.2, 0.25) is 5.91 Å². The van der Waals surface area contributed by atoms with Crippen molar-refractivity contribution in [2.75, 3.05) is 19.7 Å². The number of nitrogens with zero attached hydrogens (tertiary/aromatic N) is 1. The van der Waals surface area contributed by atoms with Crippen molar-refractivity contribution < 1.29 is 18.7 Å². The Morgan fingerprint density at radius 3 is 2.81 bits per heavy atom. The molecule has 0 aromatic heterocycles. The molecule has 2 rings (SSSR count). The second kappa shape index (κ2) is 6.22. The second-order valence-electron chi connectivity index (χ2n) is 5.29. The van der Waals surface area contributed by atoms with Gasteiger partial charge in [0, 0.05) is 25.6 Å². The Morgan fingerprint density at radius 2 is 2.14 bits per heavy atom. The summed E-state index contributed by atoms with van der Waals surface area (Å²) in [6.45, 7) is 4.17. The van der Waals surface area contributed by atoms with Crippen LogP contribution in [-0.4, -0.2) is 42.0 Å². The summed E-state index contributed by atoms with van der Waals surface area (Å²) in [6, 6.07) is 6.26. The Morgan fingerprint density at radius 1 is 1.43 bits per heavy atom. The molecule has 1 unspecified atom stereocenters. The average Bonchev–Trinajstić information content (AvgIpc) is 2.46.